The molecule has 18 heavy (non-hydrogen) atoms. The molecular formula is C14H16N4. The van der Waals surface area contributed by atoms with Crippen LogP contribution in [0.25, 0.3) is 21.9 Å². The van der Waals surface area contributed by atoms with Crippen LogP contribution < -0.4 is 5.73 Å². The number of nitrogen functional groups attached to an aromatic ring is 1. The monoisotopic (exact) mass is 240 g/mol. The number of benzene rings is 1. The lowest BCUT2D eigenvalue weighted by atomic mass is 10.0. The third-order valence-electron chi connectivity index (χ3n) is 3.33. The molecule has 92 valence electrons. The molecule has 0 unspecified atom stereocenters. The molecule has 0 spiro atoms. The van der Waals surface area contributed by atoms with Crippen LogP contribution in [-0.4, -0.2) is 14.8 Å². The van der Waals surface area contributed by atoms with Gasteiger partial charge in [0.25, 0.3) is 0 Å². The van der Waals surface area contributed by atoms with Crippen molar-refractivity contribution in [1.82, 2.24) is 14.8 Å². The maximum Gasteiger partial charge on any atom is 0.160 e. The van der Waals surface area contributed by atoms with E-state index >= 15 is 0 Å². The van der Waals surface area contributed by atoms with Crippen LogP contribution in [0.4, 0.5) is 5.82 Å². The normalized spacial score (nSPS) is 11.8. The smallest absolute Gasteiger partial charge is 0.160 e. The highest BCUT2D eigenvalue weighted by atomic mass is 15.3. The van der Waals surface area contributed by atoms with Crippen molar-refractivity contribution in [3.05, 3.63) is 29.8 Å². The maximum absolute atomic E-state index is 5.89. The van der Waals surface area contributed by atoms with Crippen LogP contribution in [0.15, 0.2) is 24.3 Å². The number of fused-ring (bicyclic) bond motifs is 2. The van der Waals surface area contributed by atoms with Gasteiger partial charge in [-0.05, 0) is 29.7 Å². The van der Waals surface area contributed by atoms with Gasteiger partial charge in [-0.25, -0.2) is 9.67 Å². The lowest BCUT2D eigenvalue weighted by Gasteiger charge is -2.06. The van der Waals surface area contributed by atoms with Crippen molar-refractivity contribution in [3.63, 3.8) is 0 Å². The van der Waals surface area contributed by atoms with Crippen molar-refractivity contribution >= 4 is 27.8 Å². The zero-order chi connectivity index (χ0) is 12.9. The van der Waals surface area contributed by atoms with Crippen molar-refractivity contribution in [3.8, 4) is 0 Å². The van der Waals surface area contributed by atoms with Gasteiger partial charge in [0.15, 0.2) is 11.5 Å². The number of hydrogen-bond donors (Lipinski definition) is 1. The van der Waals surface area contributed by atoms with Crippen LogP contribution in [0.5, 0.6) is 0 Å². The Morgan fingerprint density at radius 2 is 2.00 bits per heavy atom. The standard InChI is InChI=1S/C14H16N4/c1-8(2)9-4-5-12-10(6-9)7-11-13(15)17-18(3)14(11)16-12/h4-8H,1-3H3,(H2,15,17). The van der Waals surface area contributed by atoms with Crippen LogP contribution in [0, 0.1) is 0 Å². The second-order valence-electron chi connectivity index (χ2n) is 4.98. The Morgan fingerprint density at radius 1 is 1.22 bits per heavy atom. The van der Waals surface area contributed by atoms with Crippen LogP contribution in [0.3, 0.4) is 0 Å². The van der Waals surface area contributed by atoms with E-state index in [1.807, 2.05) is 7.05 Å². The molecule has 0 aliphatic rings. The third-order valence-corrected chi connectivity index (χ3v) is 3.33. The van der Waals surface area contributed by atoms with E-state index in [0.29, 0.717) is 11.7 Å². The molecule has 2 N–H and O–H groups in total. The Morgan fingerprint density at radius 3 is 2.72 bits per heavy atom. The highest BCUT2D eigenvalue weighted by Crippen LogP contribution is 2.26. The van der Waals surface area contributed by atoms with Gasteiger partial charge in [0, 0.05) is 12.4 Å². The van der Waals surface area contributed by atoms with E-state index in [0.717, 1.165) is 21.9 Å². The van der Waals surface area contributed by atoms with E-state index in [1.165, 1.54) is 5.56 Å². The zero-order valence-corrected chi connectivity index (χ0v) is 10.8. The van der Waals surface area contributed by atoms with Gasteiger partial charge in [-0.15, -0.1) is 0 Å². The van der Waals surface area contributed by atoms with E-state index in [2.05, 4.69) is 48.2 Å². The topological polar surface area (TPSA) is 56.7 Å². The molecule has 0 aliphatic heterocycles. The Labute approximate surface area is 105 Å². The van der Waals surface area contributed by atoms with Crippen LogP contribution in [0.1, 0.15) is 25.3 Å². The van der Waals surface area contributed by atoms with Gasteiger partial charge >= 0.3 is 0 Å². The molecule has 4 nitrogen and oxygen atoms in total. The SMILES string of the molecule is CC(C)c1ccc2nc3c(cc2c1)c(N)nn3C. The zero-order valence-electron chi connectivity index (χ0n) is 10.8. The lowest BCUT2D eigenvalue weighted by Crippen LogP contribution is -1.93. The van der Waals surface area contributed by atoms with E-state index in [-0.39, 0.29) is 0 Å². The molecule has 0 saturated carbocycles. The van der Waals surface area contributed by atoms with Crippen molar-refractivity contribution < 1.29 is 0 Å². The summed E-state index contributed by atoms with van der Waals surface area (Å²) in [7, 11) is 1.86. The molecule has 0 amide bonds. The largest absolute Gasteiger partial charge is 0.382 e. The van der Waals surface area contributed by atoms with Crippen molar-refractivity contribution in [1.29, 1.82) is 0 Å². The highest BCUT2D eigenvalue weighted by molar-refractivity contribution is 5.96. The average Bonchev–Trinajstić information content (AvgIpc) is 2.61. The number of aryl methyl sites for hydroxylation is 1. The summed E-state index contributed by atoms with van der Waals surface area (Å²) in [5.74, 6) is 1.05. The first-order valence-corrected chi connectivity index (χ1v) is 6.09. The molecule has 0 atom stereocenters. The second kappa shape index (κ2) is 3.70. The van der Waals surface area contributed by atoms with Crippen molar-refractivity contribution in [2.75, 3.05) is 5.73 Å². The van der Waals surface area contributed by atoms with Crippen molar-refractivity contribution in [2.45, 2.75) is 19.8 Å². The minimum Gasteiger partial charge on any atom is -0.382 e. The summed E-state index contributed by atoms with van der Waals surface area (Å²) < 4.78 is 1.72. The van der Waals surface area contributed by atoms with Gasteiger partial charge in [0.2, 0.25) is 0 Å². The molecule has 1 aromatic carbocycles. The molecule has 3 rings (SSSR count). The summed E-state index contributed by atoms with van der Waals surface area (Å²) >= 11 is 0. The predicted octanol–water partition coefficient (Wildman–Crippen LogP) is 2.83. The lowest BCUT2D eigenvalue weighted by molar-refractivity contribution is 0.792. The quantitative estimate of drug-likeness (QED) is 0.711. The number of hydrogen-bond acceptors (Lipinski definition) is 3. The van der Waals surface area contributed by atoms with Gasteiger partial charge < -0.3 is 5.73 Å². The first kappa shape index (κ1) is 11.0. The van der Waals surface area contributed by atoms with Crippen LogP contribution in [-0.2, 0) is 7.05 Å². The number of nitrogens with two attached hydrogens (primary N) is 1. The van der Waals surface area contributed by atoms with Crippen LogP contribution >= 0.6 is 0 Å². The minimum absolute atomic E-state index is 0.511. The van der Waals surface area contributed by atoms with E-state index in [4.69, 9.17) is 5.73 Å². The fourth-order valence-corrected chi connectivity index (χ4v) is 2.24. The molecule has 2 heterocycles. The average molecular weight is 240 g/mol. The highest BCUT2D eigenvalue weighted by Gasteiger charge is 2.09. The van der Waals surface area contributed by atoms with Gasteiger partial charge in [0.05, 0.1) is 10.9 Å². The fraction of sp³-hybridized carbons (Fsp3) is 0.286. The van der Waals surface area contributed by atoms with Gasteiger partial charge in [-0.3, -0.25) is 0 Å². The number of aromatic nitrogens is 3. The second-order valence-corrected chi connectivity index (χ2v) is 4.98. The maximum atomic E-state index is 5.89. The summed E-state index contributed by atoms with van der Waals surface area (Å²) in [4.78, 5) is 4.62. The van der Waals surface area contributed by atoms with Gasteiger partial charge in [-0.2, -0.15) is 5.10 Å². The molecular weight excluding hydrogens is 224 g/mol. The Bertz CT molecular complexity index is 740. The summed E-state index contributed by atoms with van der Waals surface area (Å²) in [6.45, 7) is 4.37. The molecule has 0 saturated heterocycles. The predicted molar refractivity (Wildman–Crippen MR) is 74.5 cm³/mol. The van der Waals surface area contributed by atoms with Gasteiger partial charge in [-0.1, -0.05) is 19.9 Å². The summed E-state index contributed by atoms with van der Waals surface area (Å²) in [5.41, 5.74) is 9.02. The first-order valence-electron chi connectivity index (χ1n) is 6.09. The Hall–Kier alpha value is -2.10. The molecule has 0 aliphatic carbocycles. The first-order chi connectivity index (χ1) is 8.56. The summed E-state index contributed by atoms with van der Waals surface area (Å²) in [6, 6.07) is 8.45. The van der Waals surface area contributed by atoms with E-state index < -0.39 is 0 Å². The van der Waals surface area contributed by atoms with Crippen molar-refractivity contribution in [2.24, 2.45) is 7.05 Å². The number of nitrogens with zero attached hydrogens (tertiary/aromatic N) is 3. The number of rotatable bonds is 1. The van der Waals surface area contributed by atoms with E-state index in [9.17, 15) is 0 Å². The molecule has 3 aromatic rings. The molecule has 0 fully saturated rings. The molecule has 2 aromatic heterocycles. The fourth-order valence-electron chi connectivity index (χ4n) is 2.24. The summed E-state index contributed by atoms with van der Waals surface area (Å²) in [5, 5.41) is 6.24. The number of anilines is 1. The third kappa shape index (κ3) is 1.53. The Balaban J connectivity index is 2.36. The Kier molecular flexibility index (Phi) is 2.26. The van der Waals surface area contributed by atoms with Crippen LogP contribution in [0.2, 0.25) is 0 Å². The molecule has 0 radical (unpaired) electrons. The molecule has 4 heteroatoms. The van der Waals surface area contributed by atoms with Gasteiger partial charge in [0.1, 0.15) is 0 Å². The molecule has 0 bridgehead atoms. The summed E-state index contributed by atoms with van der Waals surface area (Å²) in [6.07, 6.45) is 0. The van der Waals surface area contributed by atoms with E-state index in [1.54, 1.807) is 4.68 Å². The number of pyridine rings is 1. The minimum atomic E-state index is 0.511.